The molecule has 6 heteroatoms. The van der Waals surface area contributed by atoms with E-state index in [1.54, 1.807) is 7.11 Å². The van der Waals surface area contributed by atoms with E-state index in [1.807, 2.05) is 0 Å². The summed E-state index contributed by atoms with van der Waals surface area (Å²) in [4.78, 5) is 0. The molecule has 0 heterocycles. The predicted octanol–water partition coefficient (Wildman–Crippen LogP) is -0.675. The molecule has 0 aliphatic heterocycles. The van der Waals surface area contributed by atoms with Gasteiger partial charge in [-0.2, -0.15) is 0 Å². The SMILES string of the molecule is COCCCCNS(=O)(=O)CCO. The molecule has 0 fully saturated rings. The molecule has 0 spiro atoms. The van der Waals surface area contributed by atoms with E-state index in [9.17, 15) is 8.42 Å². The quantitative estimate of drug-likeness (QED) is 0.522. The third kappa shape index (κ3) is 8.17. The molecule has 0 aromatic rings. The van der Waals surface area contributed by atoms with Gasteiger partial charge in [-0.25, -0.2) is 13.1 Å². The monoisotopic (exact) mass is 211 g/mol. The summed E-state index contributed by atoms with van der Waals surface area (Å²) in [5.41, 5.74) is 0. The van der Waals surface area contributed by atoms with Crippen LogP contribution in [0.2, 0.25) is 0 Å². The summed E-state index contributed by atoms with van der Waals surface area (Å²) >= 11 is 0. The van der Waals surface area contributed by atoms with Crippen molar-refractivity contribution in [2.24, 2.45) is 0 Å². The van der Waals surface area contributed by atoms with Gasteiger partial charge in [-0.15, -0.1) is 0 Å². The van der Waals surface area contributed by atoms with Crippen LogP contribution < -0.4 is 4.72 Å². The van der Waals surface area contributed by atoms with Crippen LogP contribution in [0.3, 0.4) is 0 Å². The minimum atomic E-state index is -3.26. The molecule has 0 aromatic carbocycles. The van der Waals surface area contributed by atoms with Gasteiger partial charge in [-0.05, 0) is 12.8 Å². The third-order valence-corrected chi connectivity index (χ3v) is 2.82. The number of hydrogen-bond donors (Lipinski definition) is 2. The van der Waals surface area contributed by atoms with E-state index in [2.05, 4.69) is 4.72 Å². The predicted molar refractivity (Wildman–Crippen MR) is 50.0 cm³/mol. The Hall–Kier alpha value is -0.170. The van der Waals surface area contributed by atoms with E-state index in [1.165, 1.54) is 0 Å². The van der Waals surface area contributed by atoms with Gasteiger partial charge in [-0.3, -0.25) is 0 Å². The number of sulfonamides is 1. The van der Waals surface area contributed by atoms with Crippen molar-refractivity contribution in [3.63, 3.8) is 0 Å². The van der Waals surface area contributed by atoms with Crippen LogP contribution in [0.4, 0.5) is 0 Å². The Morgan fingerprint density at radius 3 is 2.62 bits per heavy atom. The van der Waals surface area contributed by atoms with Gasteiger partial charge in [0.1, 0.15) is 0 Å². The van der Waals surface area contributed by atoms with Crippen molar-refractivity contribution in [1.29, 1.82) is 0 Å². The van der Waals surface area contributed by atoms with Crippen LogP contribution in [-0.4, -0.2) is 46.1 Å². The Labute approximate surface area is 79.1 Å². The number of ether oxygens (including phenoxy) is 1. The lowest BCUT2D eigenvalue weighted by Crippen LogP contribution is -2.28. The summed E-state index contributed by atoms with van der Waals surface area (Å²) in [7, 11) is -1.65. The molecule has 13 heavy (non-hydrogen) atoms. The lowest BCUT2D eigenvalue weighted by atomic mass is 10.3. The van der Waals surface area contributed by atoms with Gasteiger partial charge < -0.3 is 9.84 Å². The van der Waals surface area contributed by atoms with Crippen molar-refractivity contribution < 1.29 is 18.3 Å². The Kier molecular flexibility index (Phi) is 7.16. The molecule has 0 aromatic heterocycles. The zero-order chi connectivity index (χ0) is 10.2. The topological polar surface area (TPSA) is 75.6 Å². The fraction of sp³-hybridized carbons (Fsp3) is 1.00. The van der Waals surface area contributed by atoms with Crippen molar-refractivity contribution in [2.75, 3.05) is 32.6 Å². The number of hydrogen-bond acceptors (Lipinski definition) is 4. The van der Waals surface area contributed by atoms with Crippen LogP contribution in [-0.2, 0) is 14.8 Å². The maximum absolute atomic E-state index is 11.0. The molecule has 0 atom stereocenters. The fourth-order valence-electron chi connectivity index (χ4n) is 0.791. The maximum atomic E-state index is 11.0. The molecule has 5 nitrogen and oxygen atoms in total. The van der Waals surface area contributed by atoms with Gasteiger partial charge >= 0.3 is 0 Å². The molecule has 0 amide bonds. The summed E-state index contributed by atoms with van der Waals surface area (Å²) in [6.07, 6.45) is 1.58. The second kappa shape index (κ2) is 7.25. The highest BCUT2D eigenvalue weighted by atomic mass is 32.2. The number of nitrogens with one attached hydrogen (secondary N) is 1. The van der Waals surface area contributed by atoms with Gasteiger partial charge in [0.2, 0.25) is 10.0 Å². The second-order valence-corrected chi connectivity index (χ2v) is 4.56. The number of rotatable bonds is 8. The lowest BCUT2D eigenvalue weighted by Gasteiger charge is -2.04. The number of methoxy groups -OCH3 is 1. The van der Waals surface area contributed by atoms with E-state index < -0.39 is 10.0 Å². The van der Waals surface area contributed by atoms with Crippen LogP contribution >= 0.6 is 0 Å². The first-order valence-electron chi connectivity index (χ1n) is 4.19. The Morgan fingerprint density at radius 1 is 1.38 bits per heavy atom. The number of unbranched alkanes of at least 4 members (excludes halogenated alkanes) is 1. The number of aliphatic hydroxyl groups is 1. The Morgan fingerprint density at radius 2 is 2.08 bits per heavy atom. The number of aliphatic hydroxyl groups excluding tert-OH is 1. The van der Waals surface area contributed by atoms with Gasteiger partial charge in [-0.1, -0.05) is 0 Å². The first kappa shape index (κ1) is 12.8. The molecule has 0 saturated heterocycles. The summed E-state index contributed by atoms with van der Waals surface area (Å²) in [5.74, 6) is -0.225. The van der Waals surface area contributed by atoms with E-state index in [0.717, 1.165) is 12.8 Å². The summed E-state index contributed by atoms with van der Waals surface area (Å²) in [5, 5.41) is 8.40. The Balaban J connectivity index is 3.41. The molecular weight excluding hydrogens is 194 g/mol. The first-order chi connectivity index (χ1) is 6.12. The molecular formula is C7H17NO4S. The van der Waals surface area contributed by atoms with E-state index in [4.69, 9.17) is 9.84 Å². The lowest BCUT2D eigenvalue weighted by molar-refractivity contribution is 0.193. The highest BCUT2D eigenvalue weighted by Crippen LogP contribution is 1.89. The molecule has 2 N–H and O–H groups in total. The van der Waals surface area contributed by atoms with Crippen LogP contribution in [0.15, 0.2) is 0 Å². The van der Waals surface area contributed by atoms with Crippen molar-refractivity contribution in [3.05, 3.63) is 0 Å². The Bertz CT molecular complexity index is 203. The average Bonchev–Trinajstić information content (AvgIpc) is 2.04. The van der Waals surface area contributed by atoms with E-state index in [0.29, 0.717) is 13.2 Å². The van der Waals surface area contributed by atoms with Gasteiger partial charge in [0, 0.05) is 20.3 Å². The second-order valence-electron chi connectivity index (χ2n) is 2.64. The van der Waals surface area contributed by atoms with Crippen molar-refractivity contribution >= 4 is 10.0 Å². The molecule has 0 rings (SSSR count). The fourth-order valence-corrected chi connectivity index (χ4v) is 1.63. The maximum Gasteiger partial charge on any atom is 0.213 e. The molecule has 0 bridgehead atoms. The summed E-state index contributed by atoms with van der Waals surface area (Å²) in [6.45, 7) is 0.709. The largest absolute Gasteiger partial charge is 0.395 e. The van der Waals surface area contributed by atoms with Crippen LogP contribution in [0.25, 0.3) is 0 Å². The zero-order valence-corrected chi connectivity index (χ0v) is 8.64. The van der Waals surface area contributed by atoms with Crippen LogP contribution in [0.1, 0.15) is 12.8 Å². The highest BCUT2D eigenvalue weighted by Gasteiger charge is 2.06. The van der Waals surface area contributed by atoms with Gasteiger partial charge in [0.15, 0.2) is 0 Å². The molecule has 0 unspecified atom stereocenters. The van der Waals surface area contributed by atoms with Crippen molar-refractivity contribution in [1.82, 2.24) is 4.72 Å². The molecule has 0 aliphatic rings. The molecule has 0 saturated carbocycles. The molecule has 0 radical (unpaired) electrons. The summed E-state index contributed by atoms with van der Waals surface area (Å²) < 4.78 is 29.1. The van der Waals surface area contributed by atoms with Crippen LogP contribution in [0.5, 0.6) is 0 Å². The van der Waals surface area contributed by atoms with Crippen LogP contribution in [0, 0.1) is 0 Å². The smallest absolute Gasteiger partial charge is 0.213 e. The van der Waals surface area contributed by atoms with E-state index in [-0.39, 0.29) is 12.4 Å². The average molecular weight is 211 g/mol. The van der Waals surface area contributed by atoms with Gasteiger partial charge in [0.05, 0.1) is 12.4 Å². The highest BCUT2D eigenvalue weighted by molar-refractivity contribution is 7.89. The van der Waals surface area contributed by atoms with E-state index >= 15 is 0 Å². The van der Waals surface area contributed by atoms with Crippen molar-refractivity contribution in [2.45, 2.75) is 12.8 Å². The normalized spacial score (nSPS) is 11.8. The minimum Gasteiger partial charge on any atom is -0.395 e. The standard InChI is InChI=1S/C7H17NO4S/c1-12-6-3-2-4-8-13(10,11)7-5-9/h8-9H,2-7H2,1H3. The first-order valence-corrected chi connectivity index (χ1v) is 5.85. The molecule has 0 aliphatic carbocycles. The van der Waals surface area contributed by atoms with Crippen molar-refractivity contribution in [3.8, 4) is 0 Å². The molecule has 80 valence electrons. The third-order valence-electron chi connectivity index (χ3n) is 1.46. The summed E-state index contributed by atoms with van der Waals surface area (Å²) in [6, 6.07) is 0. The minimum absolute atomic E-state index is 0.225. The van der Waals surface area contributed by atoms with Gasteiger partial charge in [0.25, 0.3) is 0 Å². The zero-order valence-electron chi connectivity index (χ0n) is 7.82.